The van der Waals surface area contributed by atoms with Crippen LogP contribution in [0.2, 0.25) is 0 Å². The molecule has 0 bridgehead atoms. The molecule has 1 unspecified atom stereocenters. The first-order valence-corrected chi connectivity index (χ1v) is 12.0. The van der Waals surface area contributed by atoms with E-state index in [0.717, 1.165) is 35.1 Å². The van der Waals surface area contributed by atoms with E-state index in [1.165, 1.54) is 0 Å². The summed E-state index contributed by atoms with van der Waals surface area (Å²) in [5.41, 5.74) is 3.96. The Morgan fingerprint density at radius 2 is 1.78 bits per heavy atom. The number of piperidine rings is 1. The highest BCUT2D eigenvalue weighted by Crippen LogP contribution is 2.37. The van der Waals surface area contributed by atoms with Crippen molar-refractivity contribution < 1.29 is 24.1 Å². The van der Waals surface area contributed by atoms with E-state index in [0.29, 0.717) is 42.3 Å². The maximum atomic E-state index is 11.8. The van der Waals surface area contributed by atoms with E-state index in [-0.39, 0.29) is 6.61 Å². The predicted molar refractivity (Wildman–Crippen MR) is 136 cm³/mol. The Morgan fingerprint density at radius 1 is 1.06 bits per heavy atom. The van der Waals surface area contributed by atoms with Crippen molar-refractivity contribution in [3.63, 3.8) is 0 Å². The zero-order valence-electron chi connectivity index (χ0n) is 20.6. The van der Waals surface area contributed by atoms with E-state index in [1.807, 2.05) is 53.4 Å². The number of aliphatic carboxylic acids is 1. The minimum Gasteiger partial charge on any atom is -0.496 e. The monoisotopic (exact) mass is 486 g/mol. The highest BCUT2D eigenvalue weighted by atomic mass is 16.5. The molecule has 0 saturated carbocycles. The average molecular weight is 487 g/mol. The Labute approximate surface area is 211 Å². The second-order valence-corrected chi connectivity index (χ2v) is 8.73. The fourth-order valence-corrected chi connectivity index (χ4v) is 4.73. The van der Waals surface area contributed by atoms with Gasteiger partial charge in [-0.1, -0.05) is 55.0 Å². The van der Waals surface area contributed by atoms with Crippen molar-refractivity contribution in [2.45, 2.75) is 38.5 Å². The van der Waals surface area contributed by atoms with Gasteiger partial charge in [-0.25, -0.2) is 0 Å². The number of nitrogens with zero attached hydrogens (tertiary/aromatic N) is 2. The van der Waals surface area contributed by atoms with E-state index in [2.05, 4.69) is 6.07 Å². The zero-order valence-corrected chi connectivity index (χ0v) is 20.6. The SMILES string of the molecule is COc1cc(OCc2cccc(-c3ccccc3)c2C#N)cc(OC)c1CN1CCCCC1C(=O)O. The quantitative estimate of drug-likeness (QED) is 0.441. The molecule has 186 valence electrons. The molecule has 1 saturated heterocycles. The van der Waals surface area contributed by atoms with Crippen LogP contribution in [-0.2, 0) is 17.9 Å². The molecule has 1 heterocycles. The smallest absolute Gasteiger partial charge is 0.320 e. The average Bonchev–Trinajstić information content (AvgIpc) is 2.92. The first-order chi connectivity index (χ1) is 17.5. The molecule has 0 amide bonds. The standard InChI is InChI=1S/C29H30N2O5/c1-34-27-15-22(16-28(35-2)25(27)18-31-14-7-6-13-26(31)29(32)33)36-19-21-11-8-12-23(24(21)17-30)20-9-4-3-5-10-20/h3-5,8-12,15-16,26H,6-7,13-14,18-19H2,1-2H3,(H,32,33). The molecule has 1 fully saturated rings. The minimum absolute atomic E-state index is 0.197. The third-order valence-corrected chi connectivity index (χ3v) is 6.58. The Hall–Kier alpha value is -4.02. The summed E-state index contributed by atoms with van der Waals surface area (Å²) in [4.78, 5) is 13.7. The molecule has 0 spiro atoms. The van der Waals surface area contributed by atoms with Gasteiger partial charge in [-0.2, -0.15) is 5.26 Å². The van der Waals surface area contributed by atoms with Crippen LogP contribution < -0.4 is 14.2 Å². The minimum atomic E-state index is -0.807. The van der Waals surface area contributed by atoms with Gasteiger partial charge in [0.2, 0.25) is 0 Å². The third kappa shape index (κ3) is 5.45. The van der Waals surface area contributed by atoms with Gasteiger partial charge in [0.15, 0.2) is 0 Å². The van der Waals surface area contributed by atoms with Gasteiger partial charge >= 0.3 is 5.97 Å². The van der Waals surface area contributed by atoms with Crippen molar-refractivity contribution >= 4 is 5.97 Å². The molecular formula is C29H30N2O5. The molecule has 0 aliphatic carbocycles. The number of nitriles is 1. The van der Waals surface area contributed by atoms with E-state index in [4.69, 9.17) is 14.2 Å². The number of carbonyl (C=O) groups is 1. The Balaban J connectivity index is 1.58. The maximum absolute atomic E-state index is 11.8. The van der Waals surface area contributed by atoms with Gasteiger partial charge in [0.25, 0.3) is 0 Å². The van der Waals surface area contributed by atoms with Crippen LogP contribution in [0.3, 0.4) is 0 Å². The van der Waals surface area contributed by atoms with E-state index < -0.39 is 12.0 Å². The molecule has 4 rings (SSSR count). The number of carboxylic acids is 1. The summed E-state index contributed by atoms with van der Waals surface area (Å²) >= 11 is 0. The molecule has 3 aromatic rings. The van der Waals surface area contributed by atoms with Gasteiger partial charge in [-0.3, -0.25) is 9.69 Å². The van der Waals surface area contributed by atoms with Crippen molar-refractivity contribution in [2.24, 2.45) is 0 Å². The first-order valence-electron chi connectivity index (χ1n) is 12.0. The largest absolute Gasteiger partial charge is 0.496 e. The summed E-state index contributed by atoms with van der Waals surface area (Å²) in [6, 6.07) is 20.9. The number of methoxy groups -OCH3 is 2. The van der Waals surface area contributed by atoms with Gasteiger partial charge in [-0.15, -0.1) is 0 Å². The number of hydrogen-bond acceptors (Lipinski definition) is 6. The van der Waals surface area contributed by atoms with Crippen LogP contribution >= 0.6 is 0 Å². The predicted octanol–water partition coefficient (Wildman–Crippen LogP) is 5.26. The number of hydrogen-bond donors (Lipinski definition) is 1. The second kappa shape index (κ2) is 11.6. The molecule has 1 atom stereocenters. The fraction of sp³-hybridized carbons (Fsp3) is 0.310. The normalized spacial score (nSPS) is 15.6. The molecule has 1 N–H and O–H groups in total. The van der Waals surface area contributed by atoms with Gasteiger partial charge < -0.3 is 19.3 Å². The summed E-state index contributed by atoms with van der Waals surface area (Å²) in [6.45, 7) is 1.31. The van der Waals surface area contributed by atoms with E-state index in [9.17, 15) is 15.2 Å². The number of benzene rings is 3. The topological polar surface area (TPSA) is 92.0 Å². The van der Waals surface area contributed by atoms with Crippen LogP contribution in [0.15, 0.2) is 60.7 Å². The summed E-state index contributed by atoms with van der Waals surface area (Å²) in [7, 11) is 3.15. The number of rotatable bonds is 9. The summed E-state index contributed by atoms with van der Waals surface area (Å²) in [5.74, 6) is 0.865. The molecule has 0 aromatic heterocycles. The molecule has 7 heteroatoms. The van der Waals surface area contributed by atoms with Crippen molar-refractivity contribution in [1.82, 2.24) is 4.90 Å². The highest BCUT2D eigenvalue weighted by Gasteiger charge is 2.30. The molecule has 36 heavy (non-hydrogen) atoms. The summed E-state index contributed by atoms with van der Waals surface area (Å²) in [6.07, 6.45) is 2.49. The molecule has 1 aliphatic heterocycles. The molecule has 3 aromatic carbocycles. The number of carboxylic acid groups (broad SMARTS) is 1. The highest BCUT2D eigenvalue weighted by molar-refractivity contribution is 5.74. The van der Waals surface area contributed by atoms with Crippen molar-refractivity contribution in [1.29, 1.82) is 5.26 Å². The lowest BCUT2D eigenvalue weighted by Crippen LogP contribution is -2.44. The fourth-order valence-electron chi connectivity index (χ4n) is 4.73. The zero-order chi connectivity index (χ0) is 25.5. The summed E-state index contributed by atoms with van der Waals surface area (Å²) < 4.78 is 17.4. The first kappa shape index (κ1) is 25.1. The van der Waals surface area contributed by atoms with E-state index in [1.54, 1.807) is 26.4 Å². The molecule has 0 radical (unpaired) electrons. The van der Waals surface area contributed by atoms with Crippen molar-refractivity contribution in [2.75, 3.05) is 20.8 Å². The van der Waals surface area contributed by atoms with Gasteiger partial charge in [-0.05, 0) is 30.5 Å². The van der Waals surface area contributed by atoms with Gasteiger partial charge in [0.05, 0.1) is 25.3 Å². The maximum Gasteiger partial charge on any atom is 0.320 e. The van der Waals surface area contributed by atoms with Crippen LogP contribution in [0.5, 0.6) is 17.2 Å². The Bertz CT molecular complexity index is 1230. The summed E-state index contributed by atoms with van der Waals surface area (Å²) in [5, 5.41) is 19.5. The van der Waals surface area contributed by atoms with Crippen LogP contribution in [0.1, 0.15) is 36.0 Å². The van der Waals surface area contributed by atoms with Crippen LogP contribution in [-0.4, -0.2) is 42.8 Å². The third-order valence-electron chi connectivity index (χ3n) is 6.58. The van der Waals surface area contributed by atoms with Gasteiger partial charge in [0.1, 0.15) is 36.0 Å². The van der Waals surface area contributed by atoms with Gasteiger partial charge in [0, 0.05) is 24.2 Å². The van der Waals surface area contributed by atoms with Crippen molar-refractivity contribution in [3.05, 3.63) is 77.4 Å². The van der Waals surface area contributed by atoms with Crippen LogP contribution in [0, 0.1) is 11.3 Å². The molecule has 1 aliphatic rings. The molecular weight excluding hydrogens is 456 g/mol. The Morgan fingerprint density at radius 3 is 2.42 bits per heavy atom. The lowest BCUT2D eigenvalue weighted by Gasteiger charge is -2.33. The second-order valence-electron chi connectivity index (χ2n) is 8.73. The lowest BCUT2D eigenvalue weighted by atomic mass is 9.96. The van der Waals surface area contributed by atoms with Crippen LogP contribution in [0.25, 0.3) is 11.1 Å². The lowest BCUT2D eigenvalue weighted by molar-refractivity contribution is -0.144. The molecule has 7 nitrogen and oxygen atoms in total. The van der Waals surface area contributed by atoms with Crippen molar-refractivity contribution in [3.8, 4) is 34.4 Å². The Kier molecular flexibility index (Phi) is 8.09. The number of likely N-dealkylation sites (tertiary alicyclic amines) is 1. The van der Waals surface area contributed by atoms with Crippen LogP contribution in [0.4, 0.5) is 0 Å². The number of ether oxygens (including phenoxy) is 3. The van der Waals surface area contributed by atoms with E-state index >= 15 is 0 Å².